The first-order valence-electron chi connectivity index (χ1n) is 4.65. The molecule has 1 aromatic rings. The van der Waals surface area contributed by atoms with Gasteiger partial charge in [0.25, 0.3) is 0 Å². The molecular formula is C12H13BrClF. The fourth-order valence-corrected chi connectivity index (χ4v) is 1.68. The molecule has 0 aliphatic rings. The summed E-state index contributed by atoms with van der Waals surface area (Å²) in [5.74, 6) is -0.157. The first kappa shape index (κ1) is 12.7. The molecular weight excluding hydrogens is 278 g/mol. The van der Waals surface area contributed by atoms with Crippen molar-refractivity contribution in [3.05, 3.63) is 46.8 Å². The van der Waals surface area contributed by atoms with Crippen molar-refractivity contribution in [3.8, 4) is 0 Å². The summed E-state index contributed by atoms with van der Waals surface area (Å²) in [7, 11) is 0. The van der Waals surface area contributed by atoms with Crippen LogP contribution in [0.2, 0.25) is 5.02 Å². The minimum absolute atomic E-state index is 0.157. The van der Waals surface area contributed by atoms with Crippen molar-refractivity contribution in [2.75, 3.05) is 5.33 Å². The Balaban J connectivity index is 3.00. The standard InChI is InChI=1S/C12H13BrClF/c1-12(2,7-11(15)8-13)9-3-5-10(14)6-4-9/h3-7H,8H2,1-2H3/b11-7-. The van der Waals surface area contributed by atoms with E-state index < -0.39 is 0 Å². The average Bonchev–Trinajstić information content (AvgIpc) is 2.17. The number of alkyl halides is 1. The van der Waals surface area contributed by atoms with Crippen LogP contribution in [-0.2, 0) is 5.41 Å². The normalized spacial score (nSPS) is 13.0. The number of benzene rings is 1. The van der Waals surface area contributed by atoms with Gasteiger partial charge in [-0.1, -0.05) is 53.5 Å². The summed E-state index contributed by atoms with van der Waals surface area (Å²) in [4.78, 5) is 0. The predicted octanol–water partition coefficient (Wildman–Crippen LogP) is 4.87. The van der Waals surface area contributed by atoms with Gasteiger partial charge in [0, 0.05) is 10.4 Å². The molecule has 0 unspecified atom stereocenters. The van der Waals surface area contributed by atoms with E-state index in [-0.39, 0.29) is 16.6 Å². The molecule has 0 bridgehead atoms. The van der Waals surface area contributed by atoms with E-state index in [0.717, 1.165) is 5.56 Å². The van der Waals surface area contributed by atoms with Gasteiger partial charge in [0.1, 0.15) is 5.83 Å². The highest BCUT2D eigenvalue weighted by atomic mass is 79.9. The van der Waals surface area contributed by atoms with Crippen LogP contribution in [0.25, 0.3) is 0 Å². The zero-order chi connectivity index (χ0) is 11.5. The highest BCUT2D eigenvalue weighted by Crippen LogP contribution is 2.27. The van der Waals surface area contributed by atoms with E-state index in [9.17, 15) is 4.39 Å². The highest BCUT2D eigenvalue weighted by molar-refractivity contribution is 9.09. The summed E-state index contributed by atoms with van der Waals surface area (Å²) in [6.45, 7) is 3.94. The largest absolute Gasteiger partial charge is 0.211 e. The minimum Gasteiger partial charge on any atom is -0.211 e. The van der Waals surface area contributed by atoms with E-state index in [1.165, 1.54) is 0 Å². The van der Waals surface area contributed by atoms with Crippen molar-refractivity contribution in [1.29, 1.82) is 0 Å². The lowest BCUT2D eigenvalue weighted by molar-refractivity contribution is 0.592. The molecule has 0 aliphatic heterocycles. The topological polar surface area (TPSA) is 0 Å². The monoisotopic (exact) mass is 290 g/mol. The minimum atomic E-state index is -0.317. The maximum atomic E-state index is 13.2. The third-order valence-corrected chi connectivity index (χ3v) is 3.02. The molecule has 1 rings (SSSR count). The van der Waals surface area contributed by atoms with Crippen molar-refractivity contribution in [2.45, 2.75) is 19.3 Å². The van der Waals surface area contributed by atoms with E-state index in [4.69, 9.17) is 11.6 Å². The Kier molecular flexibility index (Phi) is 4.35. The molecule has 1 aromatic carbocycles. The second-order valence-electron chi connectivity index (χ2n) is 3.95. The van der Waals surface area contributed by atoms with Gasteiger partial charge in [0.15, 0.2) is 0 Å². The summed E-state index contributed by atoms with van der Waals surface area (Å²) < 4.78 is 13.2. The lowest BCUT2D eigenvalue weighted by atomic mass is 9.84. The third kappa shape index (κ3) is 3.62. The fraction of sp³-hybridized carbons (Fsp3) is 0.333. The van der Waals surface area contributed by atoms with Crippen molar-refractivity contribution < 1.29 is 4.39 Å². The molecule has 15 heavy (non-hydrogen) atoms. The summed E-state index contributed by atoms with van der Waals surface area (Å²) >= 11 is 8.88. The Morgan fingerprint density at radius 2 is 1.93 bits per heavy atom. The van der Waals surface area contributed by atoms with Crippen LogP contribution in [0.3, 0.4) is 0 Å². The molecule has 0 N–H and O–H groups in total. The smallest absolute Gasteiger partial charge is 0.107 e. The summed E-state index contributed by atoms with van der Waals surface area (Å²) in [6, 6.07) is 7.47. The van der Waals surface area contributed by atoms with E-state index in [1.807, 2.05) is 38.1 Å². The average molecular weight is 292 g/mol. The van der Waals surface area contributed by atoms with Crippen molar-refractivity contribution in [2.24, 2.45) is 0 Å². The summed E-state index contributed by atoms with van der Waals surface area (Å²) in [5.41, 5.74) is 0.727. The molecule has 0 aliphatic carbocycles. The molecule has 0 heterocycles. The Bertz CT molecular complexity index is 354. The third-order valence-electron chi connectivity index (χ3n) is 2.23. The van der Waals surface area contributed by atoms with E-state index in [0.29, 0.717) is 5.02 Å². The van der Waals surface area contributed by atoms with Gasteiger partial charge in [-0.15, -0.1) is 0 Å². The van der Waals surface area contributed by atoms with Gasteiger partial charge in [-0.3, -0.25) is 0 Å². The number of rotatable bonds is 3. The lowest BCUT2D eigenvalue weighted by Gasteiger charge is -2.21. The molecule has 82 valence electrons. The molecule has 3 heteroatoms. The summed E-state index contributed by atoms with van der Waals surface area (Å²) in [5, 5.41) is 0.948. The second-order valence-corrected chi connectivity index (χ2v) is 4.95. The zero-order valence-electron chi connectivity index (χ0n) is 8.73. The van der Waals surface area contributed by atoms with Crippen LogP contribution in [0.5, 0.6) is 0 Å². The zero-order valence-corrected chi connectivity index (χ0v) is 11.1. The van der Waals surface area contributed by atoms with Crippen molar-refractivity contribution in [1.82, 2.24) is 0 Å². The molecule has 0 radical (unpaired) electrons. The molecule has 0 saturated carbocycles. The van der Waals surface area contributed by atoms with Crippen LogP contribution < -0.4 is 0 Å². The van der Waals surface area contributed by atoms with Gasteiger partial charge in [0.2, 0.25) is 0 Å². The maximum Gasteiger partial charge on any atom is 0.107 e. The van der Waals surface area contributed by atoms with Crippen molar-refractivity contribution in [3.63, 3.8) is 0 Å². The Morgan fingerprint density at radius 1 is 1.40 bits per heavy atom. The van der Waals surface area contributed by atoms with Crippen LogP contribution in [0.4, 0.5) is 4.39 Å². The molecule has 0 spiro atoms. The number of allylic oxidation sites excluding steroid dienone is 2. The van der Waals surface area contributed by atoms with Crippen molar-refractivity contribution >= 4 is 27.5 Å². The van der Waals surface area contributed by atoms with Gasteiger partial charge < -0.3 is 0 Å². The predicted molar refractivity (Wildman–Crippen MR) is 67.5 cm³/mol. The first-order valence-corrected chi connectivity index (χ1v) is 6.15. The van der Waals surface area contributed by atoms with Gasteiger partial charge in [0.05, 0.1) is 5.33 Å². The quantitative estimate of drug-likeness (QED) is 0.697. The van der Waals surface area contributed by atoms with Crippen LogP contribution in [-0.4, -0.2) is 5.33 Å². The lowest BCUT2D eigenvalue weighted by Crippen LogP contribution is -2.14. The van der Waals surface area contributed by atoms with Gasteiger partial charge in [-0.2, -0.15) is 0 Å². The number of hydrogen-bond acceptors (Lipinski definition) is 0. The van der Waals surface area contributed by atoms with Gasteiger partial charge in [-0.25, -0.2) is 4.39 Å². The Labute approximate surface area is 103 Å². The maximum absolute atomic E-state index is 13.2. The van der Waals surface area contributed by atoms with E-state index >= 15 is 0 Å². The Hall–Kier alpha value is -0.340. The summed E-state index contributed by atoms with van der Waals surface area (Å²) in [6.07, 6.45) is 1.62. The number of halogens is 3. The van der Waals surface area contributed by atoms with E-state index in [2.05, 4.69) is 15.9 Å². The van der Waals surface area contributed by atoms with Crippen LogP contribution >= 0.6 is 27.5 Å². The van der Waals surface area contributed by atoms with Crippen LogP contribution in [0.1, 0.15) is 19.4 Å². The van der Waals surface area contributed by atoms with Crippen LogP contribution in [0.15, 0.2) is 36.2 Å². The SMILES string of the molecule is CC(C)(/C=C(\F)CBr)c1ccc(Cl)cc1. The molecule has 0 aromatic heterocycles. The van der Waals surface area contributed by atoms with Gasteiger partial charge in [-0.05, 0) is 23.8 Å². The Morgan fingerprint density at radius 3 is 2.40 bits per heavy atom. The molecule has 0 amide bonds. The molecule has 0 nitrogen and oxygen atoms in total. The second kappa shape index (κ2) is 5.13. The first-order chi connectivity index (χ1) is 6.95. The fourth-order valence-electron chi connectivity index (χ4n) is 1.39. The molecule has 0 fully saturated rings. The molecule has 0 atom stereocenters. The number of hydrogen-bond donors (Lipinski definition) is 0. The van der Waals surface area contributed by atoms with E-state index in [1.54, 1.807) is 6.08 Å². The highest BCUT2D eigenvalue weighted by Gasteiger charge is 2.18. The molecule has 0 saturated heterocycles. The van der Waals surface area contributed by atoms with Gasteiger partial charge >= 0.3 is 0 Å². The van der Waals surface area contributed by atoms with Crippen LogP contribution in [0, 0.1) is 0 Å².